The fourth-order valence-corrected chi connectivity index (χ4v) is 7.22. The van der Waals surface area contributed by atoms with Gasteiger partial charge >= 0.3 is 6.03 Å². The number of aliphatic hydroxyl groups excluding tert-OH is 2. The molecule has 0 aliphatic heterocycles. The lowest BCUT2D eigenvalue weighted by Crippen LogP contribution is -2.22. The van der Waals surface area contributed by atoms with Crippen molar-refractivity contribution in [1.82, 2.24) is 0 Å². The van der Waals surface area contributed by atoms with Crippen LogP contribution in [0.2, 0.25) is 0 Å². The summed E-state index contributed by atoms with van der Waals surface area (Å²) in [7, 11) is -9.20. The molecular weight excluding hydrogens is 717 g/mol. The first kappa shape index (κ1) is 35.6. The number of anilines is 2. The summed E-state index contributed by atoms with van der Waals surface area (Å²) >= 11 is 0. The first-order valence-corrected chi connectivity index (χ1v) is 18.1. The number of benzene rings is 4. The minimum Gasteiger partial charge on any atom is -0.506 e. The largest absolute Gasteiger partial charge is 0.506 e. The lowest BCUT2D eigenvalue weighted by Gasteiger charge is -2.21. The van der Waals surface area contributed by atoms with Crippen LogP contribution in [0.3, 0.4) is 0 Å². The first-order chi connectivity index (χ1) is 24.6. The van der Waals surface area contributed by atoms with Crippen LogP contribution < -0.4 is 10.6 Å². The van der Waals surface area contributed by atoms with Crippen LogP contribution >= 0.6 is 0 Å². The second-order valence-electron chi connectivity index (χ2n) is 11.4. The number of rotatable bonds is 6. The molecule has 6 rings (SSSR count). The SMILES string of the molecule is O=C(Nc1ccc(C(=O)N=C2C(O)=CC(S(=O)(=O)O)c3ccccc32)cc1)Nc1ccc(C(=O)N=C2C(O)=CC(S(=O)(=O)O)c3ccccc32)cc1. The minimum atomic E-state index is -4.60. The number of urea groups is 1. The number of nitrogens with zero attached hydrogens (tertiary/aromatic N) is 2. The molecule has 4 aromatic rings. The lowest BCUT2D eigenvalue weighted by atomic mass is 9.93. The second-order valence-corrected chi connectivity index (χ2v) is 14.5. The topological polar surface area (TPSA) is 249 Å². The van der Waals surface area contributed by atoms with Crippen LogP contribution in [-0.4, -0.2) is 65.4 Å². The molecule has 0 bridgehead atoms. The number of hydrogen-bond acceptors (Lipinski definition) is 9. The van der Waals surface area contributed by atoms with Gasteiger partial charge in [0.15, 0.2) is 0 Å². The zero-order valence-corrected chi connectivity index (χ0v) is 28.0. The molecule has 4 amide bonds. The average Bonchev–Trinajstić information content (AvgIpc) is 3.10. The third kappa shape index (κ3) is 7.42. The molecule has 0 heterocycles. The summed E-state index contributed by atoms with van der Waals surface area (Å²) in [5.41, 5.74) is 0.992. The third-order valence-corrected chi connectivity index (χ3v) is 10.1. The van der Waals surface area contributed by atoms with Crippen molar-refractivity contribution in [3.63, 3.8) is 0 Å². The monoisotopic (exact) mass is 742 g/mol. The molecule has 4 aromatic carbocycles. The summed E-state index contributed by atoms with van der Waals surface area (Å²) in [5, 5.41) is 23.1. The summed E-state index contributed by atoms with van der Waals surface area (Å²) in [6.07, 6.45) is 1.78. The Morgan fingerprint density at radius 2 is 0.885 bits per heavy atom. The molecule has 2 aliphatic carbocycles. The fraction of sp³-hybridized carbons (Fsp3) is 0.0571. The quantitative estimate of drug-likeness (QED) is 0.137. The van der Waals surface area contributed by atoms with E-state index in [1.807, 2.05) is 0 Å². The summed E-state index contributed by atoms with van der Waals surface area (Å²) in [5.74, 6) is -2.74. The number of carbonyl (C=O) groups is 3. The van der Waals surface area contributed by atoms with Gasteiger partial charge in [0.05, 0.1) is 0 Å². The van der Waals surface area contributed by atoms with E-state index in [0.717, 1.165) is 12.2 Å². The van der Waals surface area contributed by atoms with Crippen LogP contribution in [0.25, 0.3) is 0 Å². The molecule has 0 spiro atoms. The number of hydrogen-bond donors (Lipinski definition) is 6. The number of amides is 4. The van der Waals surface area contributed by atoms with Crippen molar-refractivity contribution in [1.29, 1.82) is 0 Å². The predicted octanol–water partition coefficient (Wildman–Crippen LogP) is 5.36. The molecule has 17 heteroatoms. The van der Waals surface area contributed by atoms with Gasteiger partial charge in [-0.3, -0.25) is 18.7 Å². The molecule has 0 fully saturated rings. The number of carbonyl (C=O) groups excluding carboxylic acids is 3. The Balaban J connectivity index is 1.10. The molecule has 0 saturated carbocycles. The zero-order valence-electron chi connectivity index (χ0n) is 26.4. The number of nitrogens with one attached hydrogen (secondary N) is 2. The van der Waals surface area contributed by atoms with Gasteiger partial charge in [0.2, 0.25) is 0 Å². The van der Waals surface area contributed by atoms with E-state index in [9.17, 15) is 50.5 Å². The van der Waals surface area contributed by atoms with Crippen molar-refractivity contribution in [2.45, 2.75) is 10.5 Å². The van der Waals surface area contributed by atoms with Crippen LogP contribution in [0.15, 0.2) is 131 Å². The van der Waals surface area contributed by atoms with Crippen LogP contribution in [0.4, 0.5) is 16.2 Å². The third-order valence-electron chi connectivity index (χ3n) is 8.00. The maximum atomic E-state index is 13.0. The van der Waals surface area contributed by atoms with E-state index in [2.05, 4.69) is 20.6 Å². The van der Waals surface area contributed by atoms with Gasteiger partial charge in [0, 0.05) is 33.6 Å². The molecule has 52 heavy (non-hydrogen) atoms. The van der Waals surface area contributed by atoms with Crippen molar-refractivity contribution in [2.24, 2.45) is 9.98 Å². The smallest absolute Gasteiger partial charge is 0.323 e. The molecule has 15 nitrogen and oxygen atoms in total. The van der Waals surface area contributed by atoms with Gasteiger partial charge in [-0.15, -0.1) is 0 Å². The molecular formula is C35H26N4O11S2. The van der Waals surface area contributed by atoms with Crippen LogP contribution in [0.5, 0.6) is 0 Å². The van der Waals surface area contributed by atoms with E-state index >= 15 is 0 Å². The Bertz CT molecular complexity index is 2320. The zero-order chi connectivity index (χ0) is 37.4. The van der Waals surface area contributed by atoms with Crippen molar-refractivity contribution in [2.75, 3.05) is 10.6 Å². The minimum absolute atomic E-state index is 0.0863. The Labute approximate surface area is 295 Å². The van der Waals surface area contributed by atoms with Gasteiger partial charge < -0.3 is 20.8 Å². The Morgan fingerprint density at radius 1 is 0.538 bits per heavy atom. The summed E-state index contributed by atoms with van der Waals surface area (Å²) < 4.78 is 66.5. The van der Waals surface area contributed by atoms with Crippen LogP contribution in [0, 0.1) is 0 Å². The van der Waals surface area contributed by atoms with E-state index in [-0.39, 0.29) is 44.8 Å². The van der Waals surface area contributed by atoms with Gasteiger partial charge in [0.1, 0.15) is 33.4 Å². The van der Waals surface area contributed by atoms with E-state index in [4.69, 9.17) is 0 Å². The van der Waals surface area contributed by atoms with Crippen molar-refractivity contribution in [3.05, 3.63) is 154 Å². The molecule has 0 aromatic heterocycles. The van der Waals surface area contributed by atoms with Crippen molar-refractivity contribution in [3.8, 4) is 0 Å². The molecule has 0 radical (unpaired) electrons. The Kier molecular flexibility index (Phi) is 9.44. The number of aliphatic hydroxyl groups is 2. The van der Waals surface area contributed by atoms with Crippen molar-refractivity contribution >= 4 is 60.9 Å². The predicted molar refractivity (Wildman–Crippen MR) is 190 cm³/mol. The number of aliphatic imine (C=N–C) groups is 2. The number of fused-ring (bicyclic) bond motifs is 2. The molecule has 2 aliphatic rings. The highest BCUT2D eigenvalue weighted by Gasteiger charge is 2.34. The van der Waals surface area contributed by atoms with Gasteiger partial charge in [-0.05, 0) is 71.8 Å². The number of allylic oxidation sites excluding steroid dienone is 2. The Morgan fingerprint density at radius 3 is 1.23 bits per heavy atom. The molecule has 2 atom stereocenters. The normalized spacial score (nSPS) is 18.4. The molecule has 0 saturated heterocycles. The highest BCUT2D eigenvalue weighted by atomic mass is 32.2. The highest BCUT2D eigenvalue weighted by molar-refractivity contribution is 7.86. The summed E-state index contributed by atoms with van der Waals surface area (Å²) in [6, 6.07) is 22.5. The van der Waals surface area contributed by atoms with Crippen LogP contribution in [-0.2, 0) is 20.2 Å². The van der Waals surface area contributed by atoms with Gasteiger partial charge in [-0.2, -0.15) is 16.8 Å². The summed E-state index contributed by atoms with van der Waals surface area (Å²) in [6.45, 7) is 0. The molecule has 6 N–H and O–H groups in total. The van der Waals surface area contributed by atoms with E-state index in [1.165, 1.54) is 72.8 Å². The van der Waals surface area contributed by atoms with E-state index < -0.39 is 60.1 Å². The lowest BCUT2D eigenvalue weighted by molar-refractivity contribution is 0.0994. The molecule has 2 unspecified atom stereocenters. The standard InChI is InChI=1S/C35H26N4O11S2/c40-27-17-29(51(45,46)47)23-5-1-3-7-25(23)31(27)38-33(42)19-9-13-21(14-10-19)36-35(44)37-22-15-11-20(12-16-22)34(43)39-32-26-8-4-2-6-24(26)30(18-28(32)41)52(48,49)50/h1-18,29-30,40-41H,(H2,36,37,44)(H,45,46,47)(H,48,49,50). The molecule has 264 valence electrons. The maximum Gasteiger partial charge on any atom is 0.323 e. The Hall–Kier alpha value is -6.27. The average molecular weight is 743 g/mol. The maximum absolute atomic E-state index is 13.0. The highest BCUT2D eigenvalue weighted by Crippen LogP contribution is 2.35. The second kappa shape index (κ2) is 13.8. The van der Waals surface area contributed by atoms with E-state index in [1.54, 1.807) is 24.3 Å². The van der Waals surface area contributed by atoms with Gasteiger partial charge in [-0.1, -0.05) is 48.5 Å². The van der Waals surface area contributed by atoms with Crippen molar-refractivity contribution < 1.29 is 50.5 Å². The first-order valence-electron chi connectivity index (χ1n) is 15.1. The summed E-state index contributed by atoms with van der Waals surface area (Å²) in [4.78, 5) is 46.5. The van der Waals surface area contributed by atoms with Gasteiger partial charge in [0.25, 0.3) is 32.1 Å². The van der Waals surface area contributed by atoms with Gasteiger partial charge in [-0.25, -0.2) is 14.8 Å². The van der Waals surface area contributed by atoms with E-state index in [0.29, 0.717) is 11.4 Å². The fourth-order valence-electron chi connectivity index (χ4n) is 5.57. The van der Waals surface area contributed by atoms with Crippen LogP contribution in [0.1, 0.15) is 53.5 Å².